The number of aryl methyl sites for hydroxylation is 1. The zero-order valence-electron chi connectivity index (χ0n) is 10.4. The maximum atomic E-state index is 12.2. The van der Waals surface area contributed by atoms with Gasteiger partial charge in [0.15, 0.2) is 0 Å². The van der Waals surface area contributed by atoms with Crippen molar-refractivity contribution in [1.82, 2.24) is 0 Å². The van der Waals surface area contributed by atoms with Gasteiger partial charge in [0.1, 0.15) is 5.75 Å². The lowest BCUT2D eigenvalue weighted by atomic mass is 10.1. The standard InChI is InChI=1S/C13H11BrF3NOS/c1-7-5-10(20-12(7)14)11(18)8-3-2-4-9(6-8)19-13(15,16)17/h2-6,11H,18H2,1H3. The van der Waals surface area contributed by atoms with E-state index >= 15 is 0 Å². The van der Waals surface area contributed by atoms with Crippen molar-refractivity contribution in [2.45, 2.75) is 19.3 Å². The highest BCUT2D eigenvalue weighted by Crippen LogP contribution is 2.34. The van der Waals surface area contributed by atoms with Gasteiger partial charge in [0.25, 0.3) is 0 Å². The molecule has 1 aromatic carbocycles. The highest BCUT2D eigenvalue weighted by molar-refractivity contribution is 9.11. The van der Waals surface area contributed by atoms with Crippen LogP contribution in [-0.2, 0) is 0 Å². The lowest BCUT2D eigenvalue weighted by molar-refractivity contribution is -0.274. The molecule has 1 unspecified atom stereocenters. The summed E-state index contributed by atoms with van der Waals surface area (Å²) in [5.41, 5.74) is 7.70. The van der Waals surface area contributed by atoms with Crippen LogP contribution >= 0.6 is 27.3 Å². The normalized spacial score (nSPS) is 13.3. The molecule has 20 heavy (non-hydrogen) atoms. The summed E-state index contributed by atoms with van der Waals surface area (Å²) in [6, 6.07) is 7.15. The van der Waals surface area contributed by atoms with Gasteiger partial charge in [0.2, 0.25) is 0 Å². The summed E-state index contributed by atoms with van der Waals surface area (Å²) < 4.78 is 41.4. The molecule has 0 aliphatic heterocycles. The molecular formula is C13H11BrF3NOS. The van der Waals surface area contributed by atoms with E-state index in [1.807, 2.05) is 13.0 Å². The molecule has 0 fully saturated rings. The Morgan fingerprint density at radius 3 is 2.55 bits per heavy atom. The topological polar surface area (TPSA) is 35.2 Å². The van der Waals surface area contributed by atoms with Crippen molar-refractivity contribution in [3.8, 4) is 5.75 Å². The van der Waals surface area contributed by atoms with Gasteiger partial charge in [-0.3, -0.25) is 0 Å². The van der Waals surface area contributed by atoms with Crippen LogP contribution in [0.1, 0.15) is 22.0 Å². The molecule has 2 aromatic rings. The summed E-state index contributed by atoms with van der Waals surface area (Å²) in [6.07, 6.45) is -4.70. The van der Waals surface area contributed by atoms with E-state index in [9.17, 15) is 13.2 Å². The lowest BCUT2D eigenvalue weighted by Gasteiger charge is -2.13. The van der Waals surface area contributed by atoms with Crippen LogP contribution in [0.3, 0.4) is 0 Å². The summed E-state index contributed by atoms with van der Waals surface area (Å²) in [7, 11) is 0. The largest absolute Gasteiger partial charge is 0.573 e. The van der Waals surface area contributed by atoms with Crippen LogP contribution in [0.5, 0.6) is 5.75 Å². The van der Waals surface area contributed by atoms with Gasteiger partial charge in [-0.15, -0.1) is 24.5 Å². The van der Waals surface area contributed by atoms with E-state index < -0.39 is 12.4 Å². The number of halogens is 4. The predicted molar refractivity (Wildman–Crippen MR) is 75.9 cm³/mol. The first-order valence-corrected chi connectivity index (χ1v) is 7.24. The summed E-state index contributed by atoms with van der Waals surface area (Å²) in [6.45, 7) is 1.93. The molecule has 0 radical (unpaired) electrons. The molecule has 2 nitrogen and oxygen atoms in total. The van der Waals surface area contributed by atoms with Crippen LogP contribution < -0.4 is 10.5 Å². The molecule has 1 heterocycles. The van der Waals surface area contributed by atoms with Gasteiger partial charge in [0.05, 0.1) is 9.83 Å². The quantitative estimate of drug-likeness (QED) is 0.850. The monoisotopic (exact) mass is 365 g/mol. The van der Waals surface area contributed by atoms with Crippen LogP contribution in [0.15, 0.2) is 34.1 Å². The molecule has 0 spiro atoms. The number of ether oxygens (including phenoxy) is 1. The number of thiophene rings is 1. The minimum atomic E-state index is -4.70. The van der Waals surface area contributed by atoms with E-state index in [2.05, 4.69) is 20.7 Å². The van der Waals surface area contributed by atoms with Crippen molar-refractivity contribution < 1.29 is 17.9 Å². The van der Waals surface area contributed by atoms with Crippen molar-refractivity contribution in [2.75, 3.05) is 0 Å². The summed E-state index contributed by atoms with van der Waals surface area (Å²) >= 11 is 4.87. The fourth-order valence-corrected chi connectivity index (χ4v) is 3.31. The fourth-order valence-electron chi connectivity index (χ4n) is 1.71. The molecule has 1 aromatic heterocycles. The molecule has 0 aliphatic carbocycles. The second-order valence-electron chi connectivity index (χ2n) is 4.20. The van der Waals surface area contributed by atoms with Crippen LogP contribution in [0.4, 0.5) is 13.2 Å². The van der Waals surface area contributed by atoms with Crippen LogP contribution in [0.2, 0.25) is 0 Å². The van der Waals surface area contributed by atoms with Crippen molar-refractivity contribution in [1.29, 1.82) is 0 Å². The van der Waals surface area contributed by atoms with Gasteiger partial charge in [0, 0.05) is 4.88 Å². The zero-order chi connectivity index (χ0) is 14.9. The van der Waals surface area contributed by atoms with Crippen molar-refractivity contribution in [3.05, 3.63) is 50.1 Å². The maximum absolute atomic E-state index is 12.2. The number of nitrogens with two attached hydrogens (primary N) is 1. The first-order chi connectivity index (χ1) is 9.26. The number of benzene rings is 1. The van der Waals surface area contributed by atoms with E-state index in [0.29, 0.717) is 5.56 Å². The summed E-state index contributed by atoms with van der Waals surface area (Å²) in [5.74, 6) is -0.266. The van der Waals surface area contributed by atoms with Gasteiger partial charge >= 0.3 is 6.36 Å². The molecule has 0 saturated heterocycles. The third kappa shape index (κ3) is 3.74. The van der Waals surface area contributed by atoms with Gasteiger partial charge in [-0.1, -0.05) is 12.1 Å². The predicted octanol–water partition coefficient (Wildman–Crippen LogP) is 4.77. The Bertz CT molecular complexity index is 592. The van der Waals surface area contributed by atoms with E-state index in [0.717, 1.165) is 14.2 Å². The average molecular weight is 366 g/mol. The van der Waals surface area contributed by atoms with Crippen LogP contribution in [0, 0.1) is 6.92 Å². The number of hydrogen-bond donors (Lipinski definition) is 1. The maximum Gasteiger partial charge on any atom is 0.573 e. The molecule has 0 bridgehead atoms. The number of rotatable bonds is 3. The van der Waals surface area contributed by atoms with Gasteiger partial charge < -0.3 is 10.5 Å². The van der Waals surface area contributed by atoms with Gasteiger partial charge in [-0.25, -0.2) is 0 Å². The second kappa shape index (κ2) is 5.75. The van der Waals surface area contributed by atoms with Crippen LogP contribution in [-0.4, -0.2) is 6.36 Å². The van der Waals surface area contributed by atoms with E-state index in [1.54, 1.807) is 6.07 Å². The van der Waals surface area contributed by atoms with Crippen molar-refractivity contribution >= 4 is 27.3 Å². The average Bonchev–Trinajstić information content (AvgIpc) is 2.67. The van der Waals surface area contributed by atoms with E-state index in [-0.39, 0.29) is 5.75 Å². The molecule has 0 amide bonds. The Labute approximate surface area is 126 Å². The summed E-state index contributed by atoms with van der Waals surface area (Å²) in [4.78, 5) is 0.874. The molecule has 1 atom stereocenters. The molecule has 2 rings (SSSR count). The smallest absolute Gasteiger partial charge is 0.406 e. The SMILES string of the molecule is Cc1cc(C(N)c2cccc(OC(F)(F)F)c2)sc1Br. The van der Waals surface area contributed by atoms with E-state index in [1.165, 1.54) is 29.5 Å². The first kappa shape index (κ1) is 15.3. The molecule has 0 aliphatic rings. The van der Waals surface area contributed by atoms with E-state index in [4.69, 9.17) is 5.73 Å². The Kier molecular flexibility index (Phi) is 4.41. The highest BCUT2D eigenvalue weighted by atomic mass is 79.9. The number of hydrogen-bond acceptors (Lipinski definition) is 3. The van der Waals surface area contributed by atoms with Crippen molar-refractivity contribution in [3.63, 3.8) is 0 Å². The lowest BCUT2D eigenvalue weighted by Crippen LogP contribution is -2.17. The Morgan fingerprint density at radius 2 is 2.00 bits per heavy atom. The Hall–Kier alpha value is -1.05. The first-order valence-electron chi connectivity index (χ1n) is 5.63. The summed E-state index contributed by atoms with van der Waals surface area (Å²) in [5, 5.41) is 0. The molecule has 0 saturated carbocycles. The third-order valence-corrected chi connectivity index (χ3v) is 4.85. The van der Waals surface area contributed by atoms with Crippen molar-refractivity contribution in [2.24, 2.45) is 5.73 Å². The number of alkyl halides is 3. The Morgan fingerprint density at radius 1 is 1.30 bits per heavy atom. The molecule has 7 heteroatoms. The zero-order valence-corrected chi connectivity index (χ0v) is 12.8. The molecule has 2 N–H and O–H groups in total. The molecular weight excluding hydrogens is 355 g/mol. The Balaban J connectivity index is 2.26. The fraction of sp³-hybridized carbons (Fsp3) is 0.231. The highest BCUT2D eigenvalue weighted by Gasteiger charge is 2.31. The van der Waals surface area contributed by atoms with Gasteiger partial charge in [-0.05, 0) is 52.2 Å². The molecule has 108 valence electrons. The minimum Gasteiger partial charge on any atom is -0.406 e. The minimum absolute atomic E-state index is 0.266. The van der Waals surface area contributed by atoms with Crippen LogP contribution in [0.25, 0.3) is 0 Å². The third-order valence-electron chi connectivity index (χ3n) is 2.63. The second-order valence-corrected chi connectivity index (χ2v) is 6.61. The van der Waals surface area contributed by atoms with Gasteiger partial charge in [-0.2, -0.15) is 0 Å².